The van der Waals surface area contributed by atoms with Crippen molar-refractivity contribution in [1.29, 1.82) is 0 Å². The first kappa shape index (κ1) is 13.9. The van der Waals surface area contributed by atoms with E-state index >= 15 is 0 Å². The third-order valence-electron chi connectivity index (χ3n) is 2.74. The molecule has 14 heavy (non-hydrogen) atoms. The lowest BCUT2D eigenvalue weighted by Crippen LogP contribution is -2.27. The van der Waals surface area contributed by atoms with Gasteiger partial charge in [-0.15, -0.1) is 0 Å². The standard InChI is InChI=1S/C12H28N2/c1-6-9-12(14(4)5)10-7-8-11-13(2)3/h12H,6-11H2,1-5H3. The van der Waals surface area contributed by atoms with Crippen molar-refractivity contribution in [2.75, 3.05) is 34.7 Å². The van der Waals surface area contributed by atoms with Crippen molar-refractivity contribution in [3.63, 3.8) is 0 Å². The van der Waals surface area contributed by atoms with Crippen molar-refractivity contribution in [2.24, 2.45) is 0 Å². The summed E-state index contributed by atoms with van der Waals surface area (Å²) in [5.41, 5.74) is 0. The molecule has 0 aliphatic heterocycles. The molecule has 0 aromatic heterocycles. The Bertz CT molecular complexity index is 121. The van der Waals surface area contributed by atoms with Crippen LogP contribution in [0.1, 0.15) is 39.0 Å². The van der Waals surface area contributed by atoms with Crippen LogP contribution in [0.3, 0.4) is 0 Å². The summed E-state index contributed by atoms with van der Waals surface area (Å²) in [5, 5.41) is 0. The third kappa shape index (κ3) is 7.34. The molecule has 0 aliphatic carbocycles. The van der Waals surface area contributed by atoms with Crippen LogP contribution in [0.5, 0.6) is 0 Å². The molecular weight excluding hydrogens is 172 g/mol. The largest absolute Gasteiger partial charge is 0.309 e. The normalized spacial score (nSPS) is 13.9. The molecule has 0 saturated carbocycles. The van der Waals surface area contributed by atoms with Gasteiger partial charge >= 0.3 is 0 Å². The summed E-state index contributed by atoms with van der Waals surface area (Å²) in [6, 6.07) is 0.794. The molecule has 0 spiro atoms. The minimum absolute atomic E-state index is 0.794. The molecule has 0 aliphatic rings. The predicted octanol–water partition coefficient (Wildman–Crippen LogP) is 2.45. The van der Waals surface area contributed by atoms with Gasteiger partial charge in [0, 0.05) is 6.04 Å². The maximum Gasteiger partial charge on any atom is 0.00890 e. The Balaban J connectivity index is 3.50. The first-order valence-corrected chi connectivity index (χ1v) is 5.89. The summed E-state index contributed by atoms with van der Waals surface area (Å²) >= 11 is 0. The minimum atomic E-state index is 0.794. The van der Waals surface area contributed by atoms with Crippen LogP contribution in [0.4, 0.5) is 0 Å². The fourth-order valence-electron chi connectivity index (χ4n) is 1.80. The summed E-state index contributed by atoms with van der Waals surface area (Å²) in [7, 11) is 8.70. The number of unbranched alkanes of at least 4 members (excludes halogenated alkanes) is 1. The van der Waals surface area contributed by atoms with Gasteiger partial charge in [0.2, 0.25) is 0 Å². The van der Waals surface area contributed by atoms with Crippen molar-refractivity contribution >= 4 is 0 Å². The van der Waals surface area contributed by atoms with Gasteiger partial charge in [-0.3, -0.25) is 0 Å². The van der Waals surface area contributed by atoms with Crippen LogP contribution in [0.15, 0.2) is 0 Å². The molecule has 2 nitrogen and oxygen atoms in total. The second-order valence-corrected chi connectivity index (χ2v) is 4.71. The Kier molecular flexibility index (Phi) is 8.20. The molecule has 86 valence electrons. The van der Waals surface area contributed by atoms with E-state index in [0.29, 0.717) is 0 Å². The van der Waals surface area contributed by atoms with Gasteiger partial charge in [-0.25, -0.2) is 0 Å². The highest BCUT2D eigenvalue weighted by Crippen LogP contribution is 2.11. The quantitative estimate of drug-likeness (QED) is 0.555. The molecule has 0 fully saturated rings. The zero-order valence-corrected chi connectivity index (χ0v) is 10.7. The number of hydrogen-bond acceptors (Lipinski definition) is 2. The molecule has 0 bridgehead atoms. The summed E-state index contributed by atoms with van der Waals surface area (Å²) < 4.78 is 0. The van der Waals surface area contributed by atoms with Crippen molar-refractivity contribution in [1.82, 2.24) is 9.80 Å². The molecule has 1 atom stereocenters. The highest BCUT2D eigenvalue weighted by Gasteiger charge is 2.09. The Morgan fingerprint density at radius 3 is 2.00 bits per heavy atom. The fraction of sp³-hybridized carbons (Fsp3) is 1.00. The van der Waals surface area contributed by atoms with Crippen LogP contribution in [0, 0.1) is 0 Å². The molecular formula is C12H28N2. The molecule has 0 aromatic rings. The van der Waals surface area contributed by atoms with E-state index < -0.39 is 0 Å². The lowest BCUT2D eigenvalue weighted by Gasteiger charge is -2.24. The topological polar surface area (TPSA) is 6.48 Å². The Hall–Kier alpha value is -0.0800. The SMILES string of the molecule is CCCC(CCCCN(C)C)N(C)C. The van der Waals surface area contributed by atoms with Crippen molar-refractivity contribution in [3.8, 4) is 0 Å². The van der Waals surface area contributed by atoms with E-state index in [1.54, 1.807) is 0 Å². The van der Waals surface area contributed by atoms with Crippen LogP contribution in [0.2, 0.25) is 0 Å². The molecule has 0 radical (unpaired) electrons. The first-order chi connectivity index (χ1) is 6.57. The van der Waals surface area contributed by atoms with Gasteiger partial charge in [0.1, 0.15) is 0 Å². The van der Waals surface area contributed by atoms with E-state index in [1.807, 2.05) is 0 Å². The summed E-state index contributed by atoms with van der Waals surface area (Å²) in [6.45, 7) is 3.50. The number of nitrogens with zero attached hydrogens (tertiary/aromatic N) is 2. The van der Waals surface area contributed by atoms with Crippen LogP contribution >= 0.6 is 0 Å². The minimum Gasteiger partial charge on any atom is -0.309 e. The molecule has 1 unspecified atom stereocenters. The first-order valence-electron chi connectivity index (χ1n) is 5.89. The average Bonchev–Trinajstić information content (AvgIpc) is 2.09. The Morgan fingerprint density at radius 2 is 1.57 bits per heavy atom. The predicted molar refractivity (Wildman–Crippen MR) is 64.8 cm³/mol. The third-order valence-corrected chi connectivity index (χ3v) is 2.74. The van der Waals surface area contributed by atoms with Crippen molar-refractivity contribution < 1.29 is 0 Å². The zero-order valence-electron chi connectivity index (χ0n) is 10.7. The van der Waals surface area contributed by atoms with Crippen LogP contribution in [-0.2, 0) is 0 Å². The molecule has 0 amide bonds. The van der Waals surface area contributed by atoms with Crippen LogP contribution < -0.4 is 0 Å². The lowest BCUT2D eigenvalue weighted by molar-refractivity contribution is 0.253. The number of hydrogen-bond donors (Lipinski definition) is 0. The van der Waals surface area contributed by atoms with Gasteiger partial charge in [-0.2, -0.15) is 0 Å². The smallest absolute Gasteiger partial charge is 0.00890 e. The summed E-state index contributed by atoms with van der Waals surface area (Å²) in [6.07, 6.45) is 6.70. The van der Waals surface area contributed by atoms with Gasteiger partial charge in [-0.1, -0.05) is 19.8 Å². The van der Waals surface area contributed by atoms with E-state index in [0.717, 1.165) is 6.04 Å². The molecule has 0 heterocycles. The molecule has 0 aromatic carbocycles. The molecule has 2 heteroatoms. The summed E-state index contributed by atoms with van der Waals surface area (Å²) in [4.78, 5) is 4.64. The maximum atomic E-state index is 2.37. The summed E-state index contributed by atoms with van der Waals surface area (Å²) in [5.74, 6) is 0. The Labute approximate surface area is 90.3 Å². The van der Waals surface area contributed by atoms with Crippen molar-refractivity contribution in [3.05, 3.63) is 0 Å². The lowest BCUT2D eigenvalue weighted by atomic mass is 10.0. The van der Waals surface area contributed by atoms with Crippen LogP contribution in [-0.4, -0.2) is 50.6 Å². The van der Waals surface area contributed by atoms with Gasteiger partial charge in [0.05, 0.1) is 0 Å². The maximum absolute atomic E-state index is 2.37. The van der Waals surface area contributed by atoms with Gasteiger partial charge in [-0.05, 0) is 54.0 Å². The zero-order chi connectivity index (χ0) is 11.0. The van der Waals surface area contributed by atoms with Gasteiger partial charge in [0.15, 0.2) is 0 Å². The van der Waals surface area contributed by atoms with Gasteiger partial charge in [0.25, 0.3) is 0 Å². The molecule has 0 N–H and O–H groups in total. The van der Waals surface area contributed by atoms with Crippen LogP contribution in [0.25, 0.3) is 0 Å². The fourth-order valence-corrected chi connectivity index (χ4v) is 1.80. The Morgan fingerprint density at radius 1 is 0.929 bits per heavy atom. The highest BCUT2D eigenvalue weighted by atomic mass is 15.1. The molecule has 0 rings (SSSR count). The van der Waals surface area contributed by atoms with E-state index in [4.69, 9.17) is 0 Å². The molecule has 0 saturated heterocycles. The average molecular weight is 200 g/mol. The van der Waals surface area contributed by atoms with Crippen molar-refractivity contribution in [2.45, 2.75) is 45.1 Å². The number of rotatable bonds is 8. The van der Waals surface area contributed by atoms with E-state index in [2.05, 4.69) is 44.9 Å². The highest BCUT2D eigenvalue weighted by molar-refractivity contribution is 4.65. The monoisotopic (exact) mass is 200 g/mol. The van der Waals surface area contributed by atoms with E-state index in [1.165, 1.54) is 38.6 Å². The van der Waals surface area contributed by atoms with E-state index in [9.17, 15) is 0 Å². The van der Waals surface area contributed by atoms with Gasteiger partial charge < -0.3 is 9.80 Å². The van der Waals surface area contributed by atoms with E-state index in [-0.39, 0.29) is 0 Å². The second-order valence-electron chi connectivity index (χ2n) is 4.71. The second kappa shape index (κ2) is 8.25.